The van der Waals surface area contributed by atoms with Crippen LogP contribution in [0, 0.1) is 0 Å². The normalized spacial score (nSPS) is 11.6. The van der Waals surface area contributed by atoms with Gasteiger partial charge >= 0.3 is 0 Å². The zero-order chi connectivity index (χ0) is 12.3. The highest BCUT2D eigenvalue weighted by Gasteiger charge is 2.27. The molecular weight excluding hydrogens is 288 g/mol. The molecule has 1 heterocycles. The van der Waals surface area contributed by atoms with Gasteiger partial charge in [-0.2, -0.15) is 0 Å². The lowest BCUT2D eigenvalue weighted by atomic mass is 10.1. The zero-order valence-electron chi connectivity index (χ0n) is 9.79. The number of thiophene rings is 1. The number of nitrogens with zero attached hydrogens (tertiary/aromatic N) is 1. The van der Waals surface area contributed by atoms with Gasteiger partial charge in [-0.15, -0.1) is 11.3 Å². The summed E-state index contributed by atoms with van der Waals surface area (Å²) in [4.78, 5) is 14.9. The Hall–Kier alpha value is -0.390. The van der Waals surface area contributed by atoms with E-state index in [2.05, 4.69) is 15.9 Å². The van der Waals surface area contributed by atoms with Crippen molar-refractivity contribution < 1.29 is 4.79 Å². The summed E-state index contributed by atoms with van der Waals surface area (Å²) in [7, 11) is 0. The van der Waals surface area contributed by atoms with Crippen LogP contribution in [0.4, 0.5) is 0 Å². The van der Waals surface area contributed by atoms with E-state index >= 15 is 0 Å². The third-order valence-corrected chi connectivity index (χ3v) is 3.80. The average molecular weight is 305 g/mol. The van der Waals surface area contributed by atoms with Gasteiger partial charge in [0, 0.05) is 11.4 Å². The lowest BCUT2D eigenvalue weighted by Gasteiger charge is -2.27. The Bertz CT molecular complexity index is 370. The Morgan fingerprint density at radius 2 is 2.19 bits per heavy atom. The summed E-state index contributed by atoms with van der Waals surface area (Å²) in [5.74, 6) is -0.0143. The highest BCUT2D eigenvalue weighted by atomic mass is 79.9. The van der Waals surface area contributed by atoms with Crippen LogP contribution in [0.3, 0.4) is 0 Å². The fourth-order valence-electron chi connectivity index (χ4n) is 1.36. The molecule has 1 rings (SSSR count). The maximum absolute atomic E-state index is 12.0. The van der Waals surface area contributed by atoms with Crippen LogP contribution in [-0.4, -0.2) is 22.9 Å². The highest BCUT2D eigenvalue weighted by Crippen LogP contribution is 2.23. The van der Waals surface area contributed by atoms with Gasteiger partial charge in [0.2, 0.25) is 5.91 Å². The van der Waals surface area contributed by atoms with Gasteiger partial charge < -0.3 is 10.6 Å². The molecule has 0 spiro atoms. The third-order valence-electron chi connectivity index (χ3n) is 2.20. The molecule has 1 aromatic rings. The molecule has 3 nitrogen and oxygen atoms in total. The molecule has 1 aromatic heterocycles. The van der Waals surface area contributed by atoms with Crippen LogP contribution in [0.15, 0.2) is 15.9 Å². The first kappa shape index (κ1) is 13.7. The predicted molar refractivity (Wildman–Crippen MR) is 71.4 cm³/mol. The molecule has 5 heteroatoms. The fourth-order valence-corrected chi connectivity index (χ4v) is 2.86. The van der Waals surface area contributed by atoms with Crippen molar-refractivity contribution in [1.29, 1.82) is 0 Å². The van der Waals surface area contributed by atoms with E-state index in [1.165, 1.54) is 0 Å². The van der Waals surface area contributed by atoms with Crippen molar-refractivity contribution in [3.63, 3.8) is 0 Å². The molecule has 1 amide bonds. The first-order valence-electron chi connectivity index (χ1n) is 5.17. The van der Waals surface area contributed by atoms with Crippen LogP contribution >= 0.6 is 27.3 Å². The minimum absolute atomic E-state index is 0.0143. The molecular formula is C11H17BrN2OS. The molecule has 2 N–H and O–H groups in total. The summed E-state index contributed by atoms with van der Waals surface area (Å²) >= 11 is 5.05. The van der Waals surface area contributed by atoms with Gasteiger partial charge in [-0.1, -0.05) is 0 Å². The van der Waals surface area contributed by atoms with Crippen molar-refractivity contribution in [1.82, 2.24) is 4.90 Å². The zero-order valence-corrected chi connectivity index (χ0v) is 12.2. The van der Waals surface area contributed by atoms with E-state index in [4.69, 9.17) is 5.73 Å². The quantitative estimate of drug-likeness (QED) is 0.929. The topological polar surface area (TPSA) is 46.3 Å². The summed E-state index contributed by atoms with van der Waals surface area (Å²) in [5.41, 5.74) is 5.02. The number of carbonyl (C=O) groups excluding carboxylic acids is 1. The van der Waals surface area contributed by atoms with Gasteiger partial charge in [0.15, 0.2) is 0 Å². The van der Waals surface area contributed by atoms with Crippen LogP contribution in [-0.2, 0) is 11.3 Å². The minimum atomic E-state index is -0.801. The lowest BCUT2D eigenvalue weighted by Crippen LogP contribution is -2.50. The maximum atomic E-state index is 12.0. The van der Waals surface area contributed by atoms with Crippen molar-refractivity contribution in [2.75, 3.05) is 6.54 Å². The van der Waals surface area contributed by atoms with E-state index in [1.807, 2.05) is 19.1 Å². The molecule has 0 aliphatic carbocycles. The van der Waals surface area contributed by atoms with Crippen LogP contribution in [0.2, 0.25) is 0 Å². The Kier molecular flexibility index (Phi) is 4.52. The molecule has 0 unspecified atom stereocenters. The van der Waals surface area contributed by atoms with E-state index in [0.29, 0.717) is 13.1 Å². The smallest absolute Gasteiger partial charge is 0.242 e. The third kappa shape index (κ3) is 3.57. The monoisotopic (exact) mass is 304 g/mol. The molecule has 90 valence electrons. The van der Waals surface area contributed by atoms with Crippen LogP contribution < -0.4 is 5.73 Å². The summed E-state index contributed by atoms with van der Waals surface area (Å²) in [6.07, 6.45) is 0. The van der Waals surface area contributed by atoms with Crippen molar-refractivity contribution in [3.8, 4) is 0 Å². The van der Waals surface area contributed by atoms with Gasteiger partial charge in [0.1, 0.15) is 0 Å². The molecule has 0 aliphatic heterocycles. The molecule has 0 radical (unpaired) electrons. The molecule has 0 saturated heterocycles. The molecule has 0 atom stereocenters. The largest absolute Gasteiger partial charge is 0.336 e. The number of hydrogen-bond donors (Lipinski definition) is 1. The summed E-state index contributed by atoms with van der Waals surface area (Å²) in [6.45, 7) is 6.75. The Balaban J connectivity index is 2.73. The van der Waals surface area contributed by atoms with E-state index in [0.717, 1.165) is 8.66 Å². The Labute approximate surface area is 109 Å². The number of hydrogen-bond acceptors (Lipinski definition) is 3. The molecule has 0 aromatic carbocycles. The van der Waals surface area contributed by atoms with Gasteiger partial charge in [-0.05, 0) is 48.8 Å². The number of rotatable bonds is 4. The van der Waals surface area contributed by atoms with Gasteiger partial charge in [0.05, 0.1) is 15.9 Å². The van der Waals surface area contributed by atoms with E-state index in [-0.39, 0.29) is 5.91 Å². The van der Waals surface area contributed by atoms with Crippen molar-refractivity contribution in [2.45, 2.75) is 32.9 Å². The Morgan fingerprint density at radius 3 is 2.56 bits per heavy atom. The second-order valence-corrected chi connectivity index (χ2v) is 6.79. The van der Waals surface area contributed by atoms with Crippen LogP contribution in [0.5, 0.6) is 0 Å². The molecule has 0 saturated carbocycles. The fraction of sp³-hybridized carbons (Fsp3) is 0.545. The number of nitrogens with two attached hydrogens (primary N) is 1. The SMILES string of the molecule is CCN(Cc1ccc(Br)s1)C(=O)C(C)(C)N. The standard InChI is InChI=1S/C11H17BrN2OS/c1-4-14(10(15)11(2,3)13)7-8-5-6-9(12)16-8/h5-6H,4,7,13H2,1-3H3. The van der Waals surface area contributed by atoms with Crippen LogP contribution in [0.25, 0.3) is 0 Å². The van der Waals surface area contributed by atoms with Gasteiger partial charge in [0.25, 0.3) is 0 Å². The molecule has 0 bridgehead atoms. The second-order valence-electron chi connectivity index (χ2n) is 4.25. The highest BCUT2D eigenvalue weighted by molar-refractivity contribution is 9.11. The summed E-state index contributed by atoms with van der Waals surface area (Å²) in [6, 6.07) is 4.01. The molecule has 0 fully saturated rings. The van der Waals surface area contributed by atoms with Crippen LogP contribution in [0.1, 0.15) is 25.6 Å². The van der Waals surface area contributed by atoms with Gasteiger partial charge in [-0.3, -0.25) is 4.79 Å². The van der Waals surface area contributed by atoms with Crippen molar-refractivity contribution in [2.24, 2.45) is 5.73 Å². The second kappa shape index (κ2) is 5.29. The maximum Gasteiger partial charge on any atom is 0.242 e. The average Bonchev–Trinajstić information content (AvgIpc) is 2.58. The minimum Gasteiger partial charge on any atom is -0.336 e. The number of likely N-dealkylation sites (N-methyl/N-ethyl adjacent to an activating group) is 1. The number of halogens is 1. The van der Waals surface area contributed by atoms with Crippen molar-refractivity contribution in [3.05, 3.63) is 20.8 Å². The van der Waals surface area contributed by atoms with Crippen molar-refractivity contribution >= 4 is 33.2 Å². The number of amides is 1. The summed E-state index contributed by atoms with van der Waals surface area (Å²) in [5, 5.41) is 0. The summed E-state index contributed by atoms with van der Waals surface area (Å²) < 4.78 is 1.08. The van der Waals surface area contributed by atoms with E-state index in [9.17, 15) is 4.79 Å². The Morgan fingerprint density at radius 1 is 1.56 bits per heavy atom. The predicted octanol–water partition coefficient (Wildman–Crippen LogP) is 2.60. The first-order chi connectivity index (χ1) is 7.34. The molecule has 0 aliphatic rings. The molecule has 16 heavy (non-hydrogen) atoms. The van der Waals surface area contributed by atoms with E-state index < -0.39 is 5.54 Å². The lowest BCUT2D eigenvalue weighted by molar-refractivity contribution is -0.136. The van der Waals surface area contributed by atoms with Gasteiger partial charge in [-0.25, -0.2) is 0 Å². The first-order valence-corrected chi connectivity index (χ1v) is 6.78. The van der Waals surface area contributed by atoms with E-state index in [1.54, 1.807) is 30.1 Å². The number of carbonyl (C=O) groups is 1.